The SMILES string of the molecule is Cn1c(=O)n(C(=O)NCC2CCN(CC(COc3ccc(Cl)cc3)OC(N)=O)CC2)c2ccccc21. The summed E-state index contributed by atoms with van der Waals surface area (Å²) in [7, 11) is 1.65. The van der Waals surface area contributed by atoms with Crippen LogP contribution < -0.4 is 21.5 Å². The van der Waals surface area contributed by atoms with E-state index in [4.69, 9.17) is 26.8 Å². The summed E-state index contributed by atoms with van der Waals surface area (Å²) in [5.41, 5.74) is 6.17. The van der Waals surface area contributed by atoms with E-state index in [1.54, 1.807) is 43.4 Å². The fourth-order valence-corrected chi connectivity index (χ4v) is 4.60. The van der Waals surface area contributed by atoms with Crippen LogP contribution in [0.3, 0.4) is 0 Å². The summed E-state index contributed by atoms with van der Waals surface area (Å²) >= 11 is 5.90. The topological polar surface area (TPSA) is 121 Å². The molecule has 1 atom stereocenters. The molecule has 2 aromatic carbocycles. The summed E-state index contributed by atoms with van der Waals surface area (Å²) in [5.74, 6) is 0.897. The van der Waals surface area contributed by atoms with Crippen molar-refractivity contribution in [3.63, 3.8) is 0 Å². The number of hydrogen-bond donors (Lipinski definition) is 2. The van der Waals surface area contributed by atoms with Crippen LogP contribution in [0.1, 0.15) is 12.8 Å². The van der Waals surface area contributed by atoms with Crippen molar-refractivity contribution >= 4 is 34.8 Å². The minimum absolute atomic E-state index is 0.167. The van der Waals surface area contributed by atoms with Crippen molar-refractivity contribution in [3.8, 4) is 5.75 Å². The summed E-state index contributed by atoms with van der Waals surface area (Å²) < 4.78 is 13.6. The van der Waals surface area contributed by atoms with Crippen molar-refractivity contribution in [2.45, 2.75) is 18.9 Å². The van der Waals surface area contributed by atoms with Crippen LogP contribution in [0, 0.1) is 5.92 Å². The van der Waals surface area contributed by atoms with Gasteiger partial charge in [0.1, 0.15) is 12.4 Å². The number of likely N-dealkylation sites (tertiary alicyclic amines) is 1. The molecule has 36 heavy (non-hydrogen) atoms. The van der Waals surface area contributed by atoms with Gasteiger partial charge in [0.2, 0.25) is 0 Å². The third kappa shape index (κ3) is 6.19. The molecular weight excluding hydrogens is 486 g/mol. The molecule has 2 heterocycles. The second-order valence-electron chi connectivity index (χ2n) is 8.92. The Bertz CT molecular complexity index is 1260. The first kappa shape index (κ1) is 25.6. The zero-order valence-electron chi connectivity index (χ0n) is 20.1. The lowest BCUT2D eigenvalue weighted by Gasteiger charge is -2.33. The number of fused-ring (bicyclic) bond motifs is 1. The predicted octanol–water partition coefficient (Wildman–Crippen LogP) is 2.81. The van der Waals surface area contributed by atoms with Gasteiger partial charge in [-0.05, 0) is 68.2 Å². The summed E-state index contributed by atoms with van der Waals surface area (Å²) in [6.45, 7) is 2.67. The molecule has 0 radical (unpaired) electrons. The maximum atomic E-state index is 12.8. The first-order chi connectivity index (χ1) is 17.3. The number of aryl methyl sites for hydroxylation is 1. The number of nitrogens with one attached hydrogen (secondary N) is 1. The van der Waals surface area contributed by atoms with Crippen LogP contribution >= 0.6 is 11.6 Å². The zero-order chi connectivity index (χ0) is 25.7. The van der Waals surface area contributed by atoms with E-state index in [0.29, 0.717) is 34.9 Å². The van der Waals surface area contributed by atoms with Crippen LogP contribution in [0.4, 0.5) is 9.59 Å². The molecule has 0 aliphatic carbocycles. The van der Waals surface area contributed by atoms with E-state index in [-0.39, 0.29) is 18.2 Å². The van der Waals surface area contributed by atoms with Crippen LogP contribution in [0.15, 0.2) is 53.3 Å². The number of hydrogen-bond acceptors (Lipinski definition) is 6. The number of piperidine rings is 1. The number of amides is 2. The van der Waals surface area contributed by atoms with E-state index in [1.807, 2.05) is 12.1 Å². The van der Waals surface area contributed by atoms with Gasteiger partial charge in [0.05, 0.1) is 11.0 Å². The van der Waals surface area contributed by atoms with E-state index in [1.165, 1.54) is 9.13 Å². The van der Waals surface area contributed by atoms with Crippen LogP contribution in [0.2, 0.25) is 5.02 Å². The standard InChI is InChI=1S/C25H30ClN5O5/c1-29-21-4-2-3-5-22(21)31(25(29)34)24(33)28-14-17-10-12-30(13-11-17)15-20(36-23(27)32)16-35-19-8-6-18(26)7-9-19/h2-9,17,20H,10-16H2,1H3,(H2,27,32)(H,28,33). The monoisotopic (exact) mass is 515 g/mol. The molecule has 1 aliphatic heterocycles. The number of halogens is 1. The van der Waals surface area contributed by atoms with Gasteiger partial charge in [0, 0.05) is 25.2 Å². The Labute approximate surface area is 213 Å². The van der Waals surface area contributed by atoms with Crippen molar-refractivity contribution in [1.82, 2.24) is 19.4 Å². The van der Waals surface area contributed by atoms with E-state index in [2.05, 4.69) is 10.2 Å². The number of benzene rings is 2. The molecule has 192 valence electrons. The highest BCUT2D eigenvalue weighted by atomic mass is 35.5. The predicted molar refractivity (Wildman–Crippen MR) is 137 cm³/mol. The molecule has 0 spiro atoms. The molecule has 10 nitrogen and oxygen atoms in total. The van der Waals surface area contributed by atoms with Gasteiger partial charge < -0.3 is 20.5 Å². The van der Waals surface area contributed by atoms with Crippen molar-refractivity contribution < 1.29 is 19.1 Å². The number of ether oxygens (including phenoxy) is 2. The van der Waals surface area contributed by atoms with E-state index in [9.17, 15) is 14.4 Å². The van der Waals surface area contributed by atoms with Crippen molar-refractivity contribution in [1.29, 1.82) is 0 Å². The van der Waals surface area contributed by atoms with Crippen molar-refractivity contribution in [2.24, 2.45) is 18.7 Å². The molecule has 0 bridgehead atoms. The molecule has 0 saturated carbocycles. The zero-order valence-corrected chi connectivity index (χ0v) is 20.8. The second kappa shape index (κ2) is 11.5. The van der Waals surface area contributed by atoms with Crippen LogP contribution in [-0.2, 0) is 11.8 Å². The van der Waals surface area contributed by atoms with Gasteiger partial charge in [-0.25, -0.2) is 19.0 Å². The molecule has 1 fully saturated rings. The molecule has 3 aromatic rings. The average Bonchev–Trinajstić information content (AvgIpc) is 3.12. The van der Waals surface area contributed by atoms with Crippen molar-refractivity contribution in [3.05, 3.63) is 64.0 Å². The number of nitrogens with zero attached hydrogens (tertiary/aromatic N) is 3. The molecule has 1 unspecified atom stereocenters. The Morgan fingerprint density at radius 3 is 2.44 bits per heavy atom. The van der Waals surface area contributed by atoms with Gasteiger partial charge in [-0.15, -0.1) is 0 Å². The van der Waals surface area contributed by atoms with Crippen LogP contribution in [-0.4, -0.2) is 65.0 Å². The fraction of sp³-hybridized carbons (Fsp3) is 0.400. The van der Waals surface area contributed by atoms with Gasteiger partial charge >= 0.3 is 17.8 Å². The van der Waals surface area contributed by atoms with E-state index in [0.717, 1.165) is 25.9 Å². The van der Waals surface area contributed by atoms with Gasteiger partial charge in [0.25, 0.3) is 0 Å². The Kier molecular flexibility index (Phi) is 8.17. The molecule has 1 aromatic heterocycles. The molecule has 11 heteroatoms. The minimum Gasteiger partial charge on any atom is -0.490 e. The third-order valence-corrected chi connectivity index (χ3v) is 6.66. The van der Waals surface area contributed by atoms with Crippen molar-refractivity contribution in [2.75, 3.05) is 32.8 Å². The lowest BCUT2D eigenvalue weighted by molar-refractivity contribution is 0.0368. The number of carbonyl (C=O) groups is 2. The number of rotatable bonds is 8. The minimum atomic E-state index is -0.846. The van der Waals surface area contributed by atoms with Gasteiger partial charge in [-0.2, -0.15) is 0 Å². The highest BCUT2D eigenvalue weighted by molar-refractivity contribution is 6.30. The Hall–Kier alpha value is -3.50. The molecule has 1 aliphatic rings. The van der Waals surface area contributed by atoms with Gasteiger partial charge in [-0.1, -0.05) is 23.7 Å². The molecule has 3 N–H and O–H groups in total. The number of aromatic nitrogens is 2. The van der Waals surface area contributed by atoms with E-state index >= 15 is 0 Å². The van der Waals surface area contributed by atoms with Gasteiger partial charge in [-0.3, -0.25) is 9.47 Å². The first-order valence-electron chi connectivity index (χ1n) is 11.8. The van der Waals surface area contributed by atoms with E-state index < -0.39 is 18.2 Å². The largest absolute Gasteiger partial charge is 0.490 e. The average molecular weight is 516 g/mol. The smallest absolute Gasteiger partial charge is 0.404 e. The highest BCUT2D eigenvalue weighted by Gasteiger charge is 2.25. The number of nitrogens with two attached hydrogens (primary N) is 1. The third-order valence-electron chi connectivity index (χ3n) is 6.41. The van der Waals surface area contributed by atoms with Crippen LogP contribution in [0.25, 0.3) is 11.0 Å². The number of primary amides is 1. The van der Waals surface area contributed by atoms with Crippen LogP contribution in [0.5, 0.6) is 5.75 Å². The molecule has 2 amide bonds. The summed E-state index contributed by atoms with van der Waals surface area (Å²) in [6, 6.07) is 13.7. The fourth-order valence-electron chi connectivity index (χ4n) is 4.47. The summed E-state index contributed by atoms with van der Waals surface area (Å²) in [5, 5.41) is 3.52. The highest BCUT2D eigenvalue weighted by Crippen LogP contribution is 2.19. The number of carbonyl (C=O) groups excluding carboxylic acids is 2. The Morgan fingerprint density at radius 2 is 1.78 bits per heavy atom. The second-order valence-corrected chi connectivity index (χ2v) is 9.36. The Balaban J connectivity index is 1.26. The lowest BCUT2D eigenvalue weighted by Crippen LogP contribution is -2.45. The lowest BCUT2D eigenvalue weighted by atomic mass is 9.96. The molecule has 4 rings (SSSR count). The summed E-state index contributed by atoms with van der Waals surface area (Å²) in [6.07, 6.45) is 0.339. The molecular formula is C25H30ClN5O5. The van der Waals surface area contributed by atoms with Gasteiger partial charge in [0.15, 0.2) is 6.10 Å². The number of para-hydroxylation sites is 2. The summed E-state index contributed by atoms with van der Waals surface area (Å²) in [4.78, 5) is 38.9. The maximum Gasteiger partial charge on any atom is 0.404 e. The molecule has 1 saturated heterocycles. The first-order valence-corrected chi connectivity index (χ1v) is 12.2. The maximum absolute atomic E-state index is 12.8. The number of imidazole rings is 1. The Morgan fingerprint density at radius 1 is 1.11 bits per heavy atom. The normalized spacial score (nSPS) is 15.5. The quantitative estimate of drug-likeness (QED) is 0.476.